The van der Waals surface area contributed by atoms with E-state index in [0.29, 0.717) is 18.9 Å². The van der Waals surface area contributed by atoms with Gasteiger partial charge in [0.25, 0.3) is 0 Å². The van der Waals surface area contributed by atoms with Crippen molar-refractivity contribution < 1.29 is 9.53 Å². The lowest BCUT2D eigenvalue weighted by atomic mass is 9.97. The van der Waals surface area contributed by atoms with Gasteiger partial charge in [-0.3, -0.25) is 4.79 Å². The third kappa shape index (κ3) is 3.96. The first-order valence-corrected chi connectivity index (χ1v) is 6.64. The molecule has 0 aliphatic carbocycles. The van der Waals surface area contributed by atoms with Crippen LogP contribution in [0.1, 0.15) is 39.5 Å². The molecule has 1 aliphatic heterocycles. The normalized spacial score (nSPS) is 26.9. The van der Waals surface area contributed by atoms with Crippen molar-refractivity contribution in [2.75, 3.05) is 20.2 Å². The van der Waals surface area contributed by atoms with E-state index in [2.05, 4.69) is 13.8 Å². The molecule has 0 spiro atoms. The molecule has 1 heterocycles. The van der Waals surface area contributed by atoms with Crippen LogP contribution in [0, 0.1) is 5.92 Å². The summed E-state index contributed by atoms with van der Waals surface area (Å²) in [7, 11) is 1.73. The van der Waals surface area contributed by atoms with Gasteiger partial charge in [0.05, 0.1) is 6.10 Å². The van der Waals surface area contributed by atoms with Crippen LogP contribution in [0.25, 0.3) is 0 Å². The zero-order chi connectivity index (χ0) is 12.8. The Hall–Kier alpha value is -0.610. The van der Waals surface area contributed by atoms with Gasteiger partial charge in [-0.1, -0.05) is 20.3 Å². The fraction of sp³-hybridized carbons (Fsp3) is 0.923. The first-order valence-electron chi connectivity index (χ1n) is 6.64. The minimum atomic E-state index is 0.158. The maximum absolute atomic E-state index is 12.2. The highest BCUT2D eigenvalue weighted by molar-refractivity contribution is 5.76. The average molecular weight is 242 g/mol. The van der Waals surface area contributed by atoms with E-state index in [-0.39, 0.29) is 18.1 Å². The van der Waals surface area contributed by atoms with E-state index in [9.17, 15) is 4.79 Å². The van der Waals surface area contributed by atoms with E-state index in [1.165, 1.54) is 0 Å². The number of amides is 1. The molecule has 0 aromatic heterocycles. The van der Waals surface area contributed by atoms with E-state index in [4.69, 9.17) is 10.5 Å². The predicted molar refractivity (Wildman–Crippen MR) is 68.7 cm³/mol. The number of nitrogens with two attached hydrogens (primary N) is 1. The number of carbonyl (C=O) groups excluding carboxylic acids is 1. The van der Waals surface area contributed by atoms with E-state index >= 15 is 0 Å². The Labute approximate surface area is 104 Å². The van der Waals surface area contributed by atoms with Gasteiger partial charge in [-0.2, -0.15) is 0 Å². The van der Waals surface area contributed by atoms with Gasteiger partial charge < -0.3 is 15.4 Å². The molecule has 0 radical (unpaired) electrons. The van der Waals surface area contributed by atoms with Gasteiger partial charge >= 0.3 is 0 Å². The molecule has 1 saturated heterocycles. The smallest absolute Gasteiger partial charge is 0.223 e. The Morgan fingerprint density at radius 1 is 1.59 bits per heavy atom. The Balaban J connectivity index is 2.54. The molecule has 1 fully saturated rings. The van der Waals surface area contributed by atoms with Crippen molar-refractivity contribution in [3.63, 3.8) is 0 Å². The Bertz CT molecular complexity index is 246. The molecule has 0 saturated carbocycles. The molecule has 3 unspecified atom stereocenters. The first-order chi connectivity index (χ1) is 8.12. The van der Waals surface area contributed by atoms with Crippen LogP contribution in [0.15, 0.2) is 0 Å². The van der Waals surface area contributed by atoms with E-state index in [0.717, 1.165) is 25.8 Å². The molecule has 0 aromatic rings. The van der Waals surface area contributed by atoms with Crippen molar-refractivity contribution in [3.05, 3.63) is 0 Å². The van der Waals surface area contributed by atoms with Crippen LogP contribution >= 0.6 is 0 Å². The first kappa shape index (κ1) is 14.5. The van der Waals surface area contributed by atoms with Gasteiger partial charge in [0, 0.05) is 32.7 Å². The maximum atomic E-state index is 12.2. The number of ether oxygens (including phenoxy) is 1. The maximum Gasteiger partial charge on any atom is 0.223 e. The molecule has 17 heavy (non-hydrogen) atoms. The van der Waals surface area contributed by atoms with Gasteiger partial charge in [0.2, 0.25) is 5.91 Å². The number of likely N-dealkylation sites (tertiary alicyclic amines) is 1. The third-order valence-corrected chi connectivity index (χ3v) is 3.81. The van der Waals surface area contributed by atoms with Crippen molar-refractivity contribution in [1.29, 1.82) is 0 Å². The SMILES string of the molecule is CCC(C)CC(=O)N1CCC(OC)CC1CN. The van der Waals surface area contributed by atoms with Gasteiger partial charge in [-0.05, 0) is 18.8 Å². The van der Waals surface area contributed by atoms with E-state index in [1.54, 1.807) is 7.11 Å². The number of hydrogen-bond donors (Lipinski definition) is 1. The summed E-state index contributed by atoms with van der Waals surface area (Å²) in [6, 6.07) is 0.158. The molecule has 1 rings (SSSR count). The van der Waals surface area contributed by atoms with Gasteiger partial charge in [-0.25, -0.2) is 0 Å². The lowest BCUT2D eigenvalue weighted by molar-refractivity contribution is -0.137. The molecule has 4 heteroatoms. The summed E-state index contributed by atoms with van der Waals surface area (Å²) in [4.78, 5) is 14.1. The second-order valence-corrected chi connectivity index (χ2v) is 5.08. The van der Waals surface area contributed by atoms with Crippen molar-refractivity contribution >= 4 is 5.91 Å². The number of carbonyl (C=O) groups is 1. The predicted octanol–water partition coefficient (Wildman–Crippen LogP) is 1.39. The Morgan fingerprint density at radius 3 is 2.82 bits per heavy atom. The monoisotopic (exact) mass is 242 g/mol. The van der Waals surface area contributed by atoms with Crippen molar-refractivity contribution in [2.24, 2.45) is 11.7 Å². The fourth-order valence-electron chi connectivity index (χ4n) is 2.34. The van der Waals surface area contributed by atoms with Gasteiger partial charge in [0.15, 0.2) is 0 Å². The molecule has 0 bridgehead atoms. The second kappa shape index (κ2) is 6.97. The molecule has 100 valence electrons. The van der Waals surface area contributed by atoms with Crippen molar-refractivity contribution in [2.45, 2.75) is 51.7 Å². The Kier molecular flexibility index (Phi) is 5.92. The molecule has 4 nitrogen and oxygen atoms in total. The Morgan fingerprint density at radius 2 is 2.29 bits per heavy atom. The standard InChI is InChI=1S/C13H26N2O2/c1-4-10(2)7-13(16)15-6-5-12(17-3)8-11(15)9-14/h10-12H,4-9,14H2,1-3H3. The lowest BCUT2D eigenvalue weighted by Gasteiger charge is -2.39. The highest BCUT2D eigenvalue weighted by atomic mass is 16.5. The van der Waals surface area contributed by atoms with Crippen LogP contribution in [0.5, 0.6) is 0 Å². The topological polar surface area (TPSA) is 55.6 Å². The lowest BCUT2D eigenvalue weighted by Crippen LogP contribution is -2.51. The van der Waals surface area contributed by atoms with Crippen LogP contribution in [0.4, 0.5) is 0 Å². The number of methoxy groups -OCH3 is 1. The summed E-state index contributed by atoms with van der Waals surface area (Å²) >= 11 is 0. The van der Waals surface area contributed by atoms with Crippen molar-refractivity contribution in [1.82, 2.24) is 4.90 Å². The van der Waals surface area contributed by atoms with Crippen molar-refractivity contribution in [3.8, 4) is 0 Å². The number of rotatable bonds is 5. The molecule has 3 atom stereocenters. The molecule has 1 amide bonds. The van der Waals surface area contributed by atoms with E-state index in [1.807, 2.05) is 4.90 Å². The molecular weight excluding hydrogens is 216 g/mol. The summed E-state index contributed by atoms with van der Waals surface area (Å²) in [5, 5.41) is 0. The van der Waals surface area contributed by atoms with Crippen LogP contribution in [0.3, 0.4) is 0 Å². The largest absolute Gasteiger partial charge is 0.381 e. The van der Waals surface area contributed by atoms with Crippen LogP contribution in [-0.2, 0) is 9.53 Å². The van der Waals surface area contributed by atoms with Crippen LogP contribution < -0.4 is 5.73 Å². The molecular formula is C13H26N2O2. The molecule has 0 aromatic carbocycles. The zero-order valence-corrected chi connectivity index (χ0v) is 11.3. The second-order valence-electron chi connectivity index (χ2n) is 5.08. The number of nitrogens with zero attached hydrogens (tertiary/aromatic N) is 1. The summed E-state index contributed by atoms with van der Waals surface area (Å²) in [5.74, 6) is 0.713. The fourth-order valence-corrected chi connectivity index (χ4v) is 2.34. The molecule has 2 N–H and O–H groups in total. The highest BCUT2D eigenvalue weighted by Gasteiger charge is 2.30. The number of piperidine rings is 1. The van der Waals surface area contributed by atoms with Gasteiger partial charge in [-0.15, -0.1) is 0 Å². The van der Waals surface area contributed by atoms with Gasteiger partial charge in [0.1, 0.15) is 0 Å². The highest BCUT2D eigenvalue weighted by Crippen LogP contribution is 2.21. The summed E-state index contributed by atoms with van der Waals surface area (Å²) in [5.41, 5.74) is 5.76. The number of hydrogen-bond acceptors (Lipinski definition) is 3. The third-order valence-electron chi connectivity index (χ3n) is 3.81. The summed E-state index contributed by atoms with van der Waals surface area (Å²) in [6.07, 6.45) is 3.76. The average Bonchev–Trinajstić information content (AvgIpc) is 2.37. The summed E-state index contributed by atoms with van der Waals surface area (Å²) < 4.78 is 5.36. The minimum absolute atomic E-state index is 0.158. The zero-order valence-electron chi connectivity index (χ0n) is 11.3. The minimum Gasteiger partial charge on any atom is -0.381 e. The summed E-state index contributed by atoms with van der Waals surface area (Å²) in [6.45, 7) is 5.56. The quantitative estimate of drug-likeness (QED) is 0.792. The molecule has 1 aliphatic rings. The van der Waals surface area contributed by atoms with Crippen LogP contribution in [-0.4, -0.2) is 43.2 Å². The van der Waals surface area contributed by atoms with Crippen LogP contribution in [0.2, 0.25) is 0 Å². The van der Waals surface area contributed by atoms with E-state index < -0.39 is 0 Å².